The van der Waals surface area contributed by atoms with Crippen LogP contribution in [-0.2, 0) is 24.7 Å². The second-order valence-electron chi connectivity index (χ2n) is 5.74. The molecule has 0 saturated carbocycles. The molecule has 4 heteroatoms. The van der Waals surface area contributed by atoms with Crippen molar-refractivity contribution in [1.82, 2.24) is 0 Å². The quantitative estimate of drug-likeness (QED) is 0.466. The van der Waals surface area contributed by atoms with E-state index in [0.29, 0.717) is 15.5 Å². The zero-order valence-corrected chi connectivity index (χ0v) is 17.3. The largest absolute Gasteiger partial charge is 1.00 e. The predicted molar refractivity (Wildman–Crippen MR) is 71.0 cm³/mol. The minimum Gasteiger partial charge on any atom is -1.00 e. The molecule has 0 N–H and O–H groups in total. The number of rotatable bonds is 2. The first kappa shape index (κ1) is 23.0. The smallest absolute Gasteiger partial charge is 1.00 e. The van der Waals surface area contributed by atoms with Crippen LogP contribution in [-0.4, -0.2) is 0 Å². The molecule has 0 nitrogen and oxygen atoms in total. The van der Waals surface area contributed by atoms with Crippen molar-refractivity contribution in [2.24, 2.45) is 0 Å². The van der Waals surface area contributed by atoms with Gasteiger partial charge in [-0.25, -0.2) is 0 Å². The van der Waals surface area contributed by atoms with Gasteiger partial charge in [-0.3, -0.25) is 0 Å². The molecule has 0 heterocycles. The van der Waals surface area contributed by atoms with Crippen LogP contribution in [0.25, 0.3) is 6.08 Å². The van der Waals surface area contributed by atoms with E-state index in [1.165, 1.54) is 16.7 Å². The van der Waals surface area contributed by atoms with Crippen molar-refractivity contribution in [1.29, 1.82) is 0 Å². The zero-order chi connectivity index (χ0) is 12.7. The minimum absolute atomic E-state index is 0. The molecule has 20 heavy (non-hydrogen) atoms. The Morgan fingerprint density at radius 3 is 1.95 bits per heavy atom. The average molecular weight is 411 g/mol. The third-order valence-electron chi connectivity index (χ3n) is 3.69. The molecule has 0 aliphatic heterocycles. The Kier molecular flexibility index (Phi) is 10.3. The Labute approximate surface area is 157 Å². The van der Waals surface area contributed by atoms with Crippen molar-refractivity contribution < 1.29 is 61.9 Å². The predicted octanol–water partition coefficient (Wildman–Crippen LogP) is -4.05. The number of allylic oxidation sites excluding steroid dienone is 1. The van der Waals surface area contributed by atoms with E-state index in [4.69, 9.17) is 0 Å². The van der Waals surface area contributed by atoms with Crippen LogP contribution in [0.1, 0.15) is 72.3 Å². The van der Waals surface area contributed by atoms with Crippen molar-refractivity contribution >= 4 is 6.08 Å². The van der Waals surface area contributed by atoms with Crippen molar-refractivity contribution in [3.8, 4) is 0 Å². The fraction of sp³-hybridized carbons (Fsp3) is 0.500. The SMILES string of the molecule is CC1=Cc2c(C(C)C)cc(C(C)C)cc2[CH]1[Zr+3].[Cl-].[Cl-].[Cl-]. The summed E-state index contributed by atoms with van der Waals surface area (Å²) in [6, 6.07) is 4.87. The Morgan fingerprint density at radius 2 is 1.50 bits per heavy atom. The molecule has 1 aliphatic rings. The molecule has 110 valence electrons. The van der Waals surface area contributed by atoms with E-state index >= 15 is 0 Å². The Hall–Kier alpha value is 0.713. The van der Waals surface area contributed by atoms with Crippen molar-refractivity contribution in [2.75, 3.05) is 0 Å². The first-order chi connectivity index (χ1) is 7.91. The van der Waals surface area contributed by atoms with Gasteiger partial charge < -0.3 is 37.2 Å². The normalized spacial score (nSPS) is 16.1. The Morgan fingerprint density at radius 1 is 0.950 bits per heavy atom. The molecule has 0 spiro atoms. The van der Waals surface area contributed by atoms with Gasteiger partial charge in [-0.1, -0.05) is 0 Å². The summed E-state index contributed by atoms with van der Waals surface area (Å²) in [5.41, 5.74) is 7.68. The van der Waals surface area contributed by atoms with Crippen LogP contribution in [0, 0.1) is 0 Å². The number of fused-ring (bicyclic) bond motifs is 1. The van der Waals surface area contributed by atoms with Gasteiger partial charge in [0.25, 0.3) is 0 Å². The summed E-state index contributed by atoms with van der Waals surface area (Å²) in [5.74, 6) is 1.24. The molecule has 1 unspecified atom stereocenters. The summed E-state index contributed by atoms with van der Waals surface area (Å²) in [6.07, 6.45) is 2.41. The van der Waals surface area contributed by atoms with Gasteiger partial charge in [0, 0.05) is 0 Å². The summed E-state index contributed by atoms with van der Waals surface area (Å²) in [7, 11) is 0. The fourth-order valence-corrected chi connectivity index (χ4v) is 3.29. The second kappa shape index (κ2) is 8.99. The van der Waals surface area contributed by atoms with E-state index in [9.17, 15) is 0 Å². The van der Waals surface area contributed by atoms with Gasteiger partial charge in [-0.2, -0.15) is 0 Å². The zero-order valence-electron chi connectivity index (χ0n) is 12.6. The molecule has 1 aromatic carbocycles. The van der Waals surface area contributed by atoms with Crippen LogP contribution in [0.4, 0.5) is 0 Å². The summed E-state index contributed by atoms with van der Waals surface area (Å²) < 4.78 is 0.688. The van der Waals surface area contributed by atoms with Gasteiger partial charge in [0.1, 0.15) is 0 Å². The first-order valence-electron chi connectivity index (χ1n) is 6.48. The monoisotopic (exact) mass is 408 g/mol. The standard InChI is InChI=1S/C16H21.3ClH.Zr/c1-10(2)13-8-14-6-12(5)7-16(14)15(9-13)11(3)4;;;;/h6-11H,1-5H3;3*1H;/q;;;;+3/p-3. The molecule has 2 rings (SSSR count). The van der Waals surface area contributed by atoms with Crippen LogP contribution < -0.4 is 37.2 Å². The van der Waals surface area contributed by atoms with E-state index in [0.717, 1.165) is 0 Å². The van der Waals surface area contributed by atoms with Gasteiger partial charge in [0.15, 0.2) is 0 Å². The Bertz CT molecular complexity index is 479. The summed E-state index contributed by atoms with van der Waals surface area (Å²) in [5, 5.41) is 0. The van der Waals surface area contributed by atoms with Crippen LogP contribution in [0.3, 0.4) is 0 Å². The van der Waals surface area contributed by atoms with E-state index in [2.05, 4.69) is 52.8 Å². The number of hydrogen-bond acceptors (Lipinski definition) is 0. The minimum atomic E-state index is 0. The van der Waals surface area contributed by atoms with Crippen molar-refractivity contribution in [3.63, 3.8) is 0 Å². The van der Waals surface area contributed by atoms with Gasteiger partial charge in [-0.05, 0) is 0 Å². The van der Waals surface area contributed by atoms with E-state index < -0.39 is 0 Å². The molecular weight excluding hydrogens is 390 g/mol. The van der Waals surface area contributed by atoms with E-state index in [1.54, 1.807) is 35.9 Å². The molecule has 0 bridgehead atoms. The molecule has 1 aromatic rings. The fourth-order valence-electron chi connectivity index (χ4n) is 2.50. The molecule has 1 aliphatic carbocycles. The van der Waals surface area contributed by atoms with Gasteiger partial charge in [0.2, 0.25) is 0 Å². The third-order valence-corrected chi connectivity index (χ3v) is 5.58. The molecule has 0 aromatic heterocycles. The van der Waals surface area contributed by atoms with E-state index in [1.807, 2.05) is 0 Å². The van der Waals surface area contributed by atoms with Gasteiger partial charge >= 0.3 is 121 Å². The molecule has 0 radical (unpaired) electrons. The topological polar surface area (TPSA) is 0 Å². The van der Waals surface area contributed by atoms with Crippen LogP contribution in [0.15, 0.2) is 17.7 Å². The first-order valence-corrected chi connectivity index (χ1v) is 7.90. The maximum Gasteiger partial charge on any atom is -1.00 e. The van der Waals surface area contributed by atoms with Gasteiger partial charge in [0.05, 0.1) is 0 Å². The molecule has 0 saturated heterocycles. The number of hydrogen-bond donors (Lipinski definition) is 0. The third kappa shape index (κ3) is 4.36. The summed E-state index contributed by atoms with van der Waals surface area (Å²) >= 11 is 1.62. The van der Waals surface area contributed by atoms with Crippen molar-refractivity contribution in [2.45, 2.75) is 50.1 Å². The van der Waals surface area contributed by atoms with Crippen LogP contribution in [0.5, 0.6) is 0 Å². The van der Waals surface area contributed by atoms with Gasteiger partial charge in [-0.15, -0.1) is 0 Å². The van der Waals surface area contributed by atoms with Crippen LogP contribution in [0.2, 0.25) is 0 Å². The molecule has 0 amide bonds. The van der Waals surface area contributed by atoms with E-state index in [-0.39, 0.29) is 37.2 Å². The summed E-state index contributed by atoms with van der Waals surface area (Å²) in [6.45, 7) is 11.5. The summed E-state index contributed by atoms with van der Waals surface area (Å²) in [4.78, 5) is 0. The average Bonchev–Trinajstić information content (AvgIpc) is 2.54. The molecule has 0 fully saturated rings. The van der Waals surface area contributed by atoms with Crippen LogP contribution >= 0.6 is 0 Å². The maximum absolute atomic E-state index is 2.44. The second-order valence-corrected chi connectivity index (χ2v) is 7.16. The number of halogens is 3. The molecule has 1 atom stereocenters. The maximum atomic E-state index is 2.44. The molecular formula is C16H21Cl3Zr. The number of benzene rings is 1. The van der Waals surface area contributed by atoms with Crippen molar-refractivity contribution in [3.05, 3.63) is 40.0 Å². The Balaban J connectivity index is 0.